The molecule has 4 nitrogen and oxygen atoms in total. The number of nitrogens with zero attached hydrogens (tertiary/aromatic N) is 2. The lowest BCUT2D eigenvalue weighted by molar-refractivity contribution is 0.0951. The van der Waals surface area contributed by atoms with E-state index < -0.39 is 0 Å². The molecule has 2 heterocycles. The van der Waals surface area contributed by atoms with Gasteiger partial charge in [0.15, 0.2) is 0 Å². The molecule has 0 bridgehead atoms. The van der Waals surface area contributed by atoms with Gasteiger partial charge in [0.05, 0.1) is 5.02 Å². The maximum absolute atomic E-state index is 12.7. The number of nitrogens with one attached hydrogen (secondary N) is 1. The number of benzene rings is 2. The highest BCUT2D eigenvalue weighted by atomic mass is 35.5. The molecule has 1 aliphatic heterocycles. The molecule has 3 aromatic rings. The van der Waals surface area contributed by atoms with E-state index in [1.54, 1.807) is 30.5 Å². The molecule has 2 aromatic carbocycles. The number of carbonyl (C=O) groups excluding carboxylic acids is 1. The van der Waals surface area contributed by atoms with Crippen LogP contribution in [0.2, 0.25) is 10.0 Å². The Hall–Kier alpha value is -2.40. The van der Waals surface area contributed by atoms with Gasteiger partial charge in [-0.05, 0) is 62.1 Å². The summed E-state index contributed by atoms with van der Waals surface area (Å²) in [5, 5.41) is 4.17. The monoisotopic (exact) mass is 467 g/mol. The molecule has 1 atom stereocenters. The van der Waals surface area contributed by atoms with Crippen molar-refractivity contribution in [2.45, 2.75) is 26.3 Å². The lowest BCUT2D eigenvalue weighted by Crippen LogP contribution is -2.27. The van der Waals surface area contributed by atoms with E-state index in [0.717, 1.165) is 37.3 Å². The highest BCUT2D eigenvalue weighted by Gasteiger charge is 2.22. The first-order chi connectivity index (χ1) is 15.5. The Morgan fingerprint density at radius 2 is 1.91 bits per heavy atom. The molecule has 0 saturated carbocycles. The summed E-state index contributed by atoms with van der Waals surface area (Å²) in [7, 11) is 0. The van der Waals surface area contributed by atoms with Crippen molar-refractivity contribution >= 4 is 29.1 Å². The van der Waals surface area contributed by atoms with Crippen LogP contribution in [0.1, 0.15) is 34.5 Å². The van der Waals surface area contributed by atoms with Gasteiger partial charge in [-0.3, -0.25) is 14.7 Å². The van der Waals surface area contributed by atoms with Crippen molar-refractivity contribution < 1.29 is 4.79 Å². The summed E-state index contributed by atoms with van der Waals surface area (Å²) >= 11 is 12.8. The molecule has 0 aliphatic carbocycles. The fourth-order valence-corrected chi connectivity index (χ4v) is 4.75. The third-order valence-electron chi connectivity index (χ3n) is 5.97. The minimum atomic E-state index is -0.0988. The lowest BCUT2D eigenvalue weighted by Gasteiger charge is -2.16. The zero-order valence-corrected chi connectivity index (χ0v) is 19.7. The van der Waals surface area contributed by atoms with Crippen LogP contribution in [0, 0.1) is 12.8 Å². The third-order valence-corrected chi connectivity index (χ3v) is 6.61. The molecule has 1 aromatic heterocycles. The maximum Gasteiger partial charge on any atom is 0.251 e. The second-order valence-electron chi connectivity index (χ2n) is 8.42. The zero-order valence-electron chi connectivity index (χ0n) is 18.2. The lowest BCUT2D eigenvalue weighted by atomic mass is 10.0. The van der Waals surface area contributed by atoms with Crippen molar-refractivity contribution in [2.24, 2.45) is 5.92 Å². The summed E-state index contributed by atoms with van der Waals surface area (Å²) in [4.78, 5) is 19.5. The van der Waals surface area contributed by atoms with Gasteiger partial charge in [0.1, 0.15) is 0 Å². The minimum Gasteiger partial charge on any atom is -0.352 e. The summed E-state index contributed by atoms with van der Waals surface area (Å²) in [5.41, 5.74) is 4.19. The van der Waals surface area contributed by atoms with E-state index in [-0.39, 0.29) is 5.91 Å². The molecular weight excluding hydrogens is 441 g/mol. The molecule has 166 valence electrons. The zero-order chi connectivity index (χ0) is 22.5. The van der Waals surface area contributed by atoms with Crippen molar-refractivity contribution in [3.8, 4) is 11.1 Å². The van der Waals surface area contributed by atoms with E-state index in [4.69, 9.17) is 23.2 Å². The predicted molar refractivity (Wildman–Crippen MR) is 131 cm³/mol. The average Bonchev–Trinajstić information content (AvgIpc) is 3.22. The summed E-state index contributed by atoms with van der Waals surface area (Å²) < 4.78 is 0. The van der Waals surface area contributed by atoms with Gasteiger partial charge in [-0.15, -0.1) is 0 Å². The molecule has 0 radical (unpaired) electrons. The molecule has 6 heteroatoms. The van der Waals surface area contributed by atoms with Crippen molar-refractivity contribution in [1.82, 2.24) is 15.2 Å². The molecule has 4 rings (SSSR count). The van der Waals surface area contributed by atoms with Crippen molar-refractivity contribution in [2.75, 3.05) is 19.6 Å². The Balaban J connectivity index is 1.31. The molecule has 1 fully saturated rings. The number of aromatic nitrogens is 1. The van der Waals surface area contributed by atoms with Crippen LogP contribution in [0.25, 0.3) is 11.1 Å². The van der Waals surface area contributed by atoms with E-state index in [1.807, 2.05) is 6.92 Å². The molecule has 1 N–H and O–H groups in total. The summed E-state index contributed by atoms with van der Waals surface area (Å²) in [6.45, 7) is 5.72. The summed E-state index contributed by atoms with van der Waals surface area (Å²) in [5.74, 6) is 0.510. The first-order valence-corrected chi connectivity index (χ1v) is 11.7. The van der Waals surface area contributed by atoms with Crippen LogP contribution in [0.15, 0.2) is 60.8 Å². The van der Waals surface area contributed by atoms with Gasteiger partial charge in [0, 0.05) is 53.2 Å². The third kappa shape index (κ3) is 5.69. The fourth-order valence-electron chi connectivity index (χ4n) is 4.22. The van der Waals surface area contributed by atoms with Crippen LogP contribution in [0.4, 0.5) is 0 Å². The highest BCUT2D eigenvalue weighted by molar-refractivity contribution is 6.36. The number of hydrogen-bond donors (Lipinski definition) is 1. The molecule has 1 aliphatic rings. The summed E-state index contributed by atoms with van der Waals surface area (Å²) in [6.07, 6.45) is 3.85. The number of aryl methyl sites for hydroxylation is 1. The van der Waals surface area contributed by atoms with Gasteiger partial charge in [-0.1, -0.05) is 53.5 Å². The number of halogens is 2. The SMILES string of the molecule is Cc1cc(Cl)c(-c2cc(C(=O)NCC[C@@H]3CCN(Cc4ccccc4)C3)ccc2Cl)cn1. The Labute approximate surface area is 199 Å². The Morgan fingerprint density at radius 3 is 2.69 bits per heavy atom. The number of pyridine rings is 1. The quantitative estimate of drug-likeness (QED) is 0.462. The van der Waals surface area contributed by atoms with Crippen LogP contribution in [0.5, 0.6) is 0 Å². The molecule has 0 unspecified atom stereocenters. The maximum atomic E-state index is 12.7. The molecule has 32 heavy (non-hydrogen) atoms. The number of hydrogen-bond acceptors (Lipinski definition) is 3. The second kappa shape index (κ2) is 10.5. The molecule has 1 saturated heterocycles. The molecule has 1 amide bonds. The van der Waals surface area contributed by atoms with Gasteiger partial charge >= 0.3 is 0 Å². The largest absolute Gasteiger partial charge is 0.352 e. The Bertz CT molecular complexity index is 1090. The van der Waals surface area contributed by atoms with Gasteiger partial charge < -0.3 is 5.32 Å². The molecule has 0 spiro atoms. The van der Waals surface area contributed by atoms with Gasteiger partial charge in [0.25, 0.3) is 5.91 Å². The fraction of sp³-hybridized carbons (Fsp3) is 0.308. The van der Waals surface area contributed by atoms with Crippen LogP contribution in [0.3, 0.4) is 0 Å². The Morgan fingerprint density at radius 1 is 1.09 bits per heavy atom. The van der Waals surface area contributed by atoms with E-state index in [1.165, 1.54) is 12.0 Å². The van der Waals surface area contributed by atoms with Crippen LogP contribution < -0.4 is 5.32 Å². The smallest absolute Gasteiger partial charge is 0.251 e. The van der Waals surface area contributed by atoms with Crippen LogP contribution in [-0.2, 0) is 6.54 Å². The van der Waals surface area contributed by atoms with Crippen molar-refractivity contribution in [3.05, 3.63) is 87.7 Å². The van der Waals surface area contributed by atoms with Gasteiger partial charge in [0.2, 0.25) is 0 Å². The molecular formula is C26H27Cl2N3O. The van der Waals surface area contributed by atoms with Gasteiger partial charge in [-0.2, -0.15) is 0 Å². The van der Waals surface area contributed by atoms with E-state index in [0.29, 0.717) is 33.6 Å². The van der Waals surface area contributed by atoms with E-state index in [9.17, 15) is 4.79 Å². The number of carbonyl (C=O) groups is 1. The minimum absolute atomic E-state index is 0.0988. The van der Waals surface area contributed by atoms with Crippen LogP contribution >= 0.6 is 23.2 Å². The standard InChI is InChI=1S/C26H27Cl2N3O/c1-18-13-25(28)23(15-30-18)22-14-21(7-8-24(22)27)26(32)29-11-9-20-10-12-31(17-20)16-19-5-3-2-4-6-19/h2-8,13-15,20H,9-12,16-17H2,1H3,(H,29,32)/t20-/m1/s1. The Kier molecular flexibility index (Phi) is 7.46. The highest BCUT2D eigenvalue weighted by Crippen LogP contribution is 2.33. The number of likely N-dealkylation sites (tertiary alicyclic amines) is 1. The first kappa shape index (κ1) is 22.8. The number of amides is 1. The van der Waals surface area contributed by atoms with Crippen molar-refractivity contribution in [3.63, 3.8) is 0 Å². The van der Waals surface area contributed by atoms with Crippen LogP contribution in [-0.4, -0.2) is 35.4 Å². The average molecular weight is 468 g/mol. The van der Waals surface area contributed by atoms with Crippen molar-refractivity contribution in [1.29, 1.82) is 0 Å². The number of rotatable bonds is 7. The van der Waals surface area contributed by atoms with E-state index >= 15 is 0 Å². The van der Waals surface area contributed by atoms with Gasteiger partial charge in [-0.25, -0.2) is 0 Å². The summed E-state index contributed by atoms with van der Waals surface area (Å²) in [6, 6.07) is 17.6. The predicted octanol–water partition coefficient (Wildman–Crippen LogP) is 6.01. The topological polar surface area (TPSA) is 45.2 Å². The normalized spacial score (nSPS) is 16.3. The second-order valence-corrected chi connectivity index (χ2v) is 9.23. The van der Waals surface area contributed by atoms with E-state index in [2.05, 4.69) is 45.5 Å². The first-order valence-electron chi connectivity index (χ1n) is 11.0.